The first-order valence-electron chi connectivity index (χ1n) is 7.89. The molecule has 120 valence electrons. The number of Topliss-reactive ketones (excluding diaryl/α,β-unsaturated/α-hetero) is 1. The Hall–Kier alpha value is -2.52. The highest BCUT2D eigenvalue weighted by Crippen LogP contribution is 2.38. The molecule has 0 saturated carbocycles. The molecule has 0 aromatic heterocycles. The van der Waals surface area contributed by atoms with E-state index in [2.05, 4.69) is 24.8 Å². The molecule has 2 nitrogen and oxygen atoms in total. The van der Waals surface area contributed by atoms with Gasteiger partial charge < -0.3 is 5.73 Å². The second-order valence-electron chi connectivity index (χ2n) is 5.58. The van der Waals surface area contributed by atoms with Gasteiger partial charge in [-0.15, -0.1) is 0 Å². The van der Waals surface area contributed by atoms with Crippen LogP contribution in [0.3, 0.4) is 0 Å². The van der Waals surface area contributed by atoms with Crippen molar-refractivity contribution in [1.82, 2.24) is 0 Å². The molecule has 3 heteroatoms. The lowest BCUT2D eigenvalue weighted by molar-refractivity contribution is 0.0990. The summed E-state index contributed by atoms with van der Waals surface area (Å²) in [4.78, 5) is 12.4. The Bertz CT molecular complexity index is 844. The van der Waals surface area contributed by atoms with Gasteiger partial charge in [-0.1, -0.05) is 66.7 Å². The van der Waals surface area contributed by atoms with Gasteiger partial charge in [-0.3, -0.25) is 4.79 Å². The summed E-state index contributed by atoms with van der Waals surface area (Å²) in [7, 11) is 0. The van der Waals surface area contributed by atoms with Crippen LogP contribution in [0.5, 0.6) is 0 Å². The SMILES string of the molecule is Nc1c(C(=O)CCS)ccc(-c2ccccc2)c1-c1ccccc1. The number of benzene rings is 3. The van der Waals surface area contributed by atoms with E-state index >= 15 is 0 Å². The lowest BCUT2D eigenvalue weighted by atomic mass is 9.89. The van der Waals surface area contributed by atoms with Crippen LogP contribution in [-0.4, -0.2) is 11.5 Å². The van der Waals surface area contributed by atoms with Crippen LogP contribution in [0.2, 0.25) is 0 Å². The number of hydrogen-bond donors (Lipinski definition) is 2. The Balaban J connectivity index is 2.24. The molecule has 3 rings (SSSR count). The topological polar surface area (TPSA) is 43.1 Å². The van der Waals surface area contributed by atoms with Gasteiger partial charge in [0.15, 0.2) is 5.78 Å². The van der Waals surface area contributed by atoms with E-state index in [0.29, 0.717) is 23.4 Å². The zero-order chi connectivity index (χ0) is 16.9. The second-order valence-corrected chi connectivity index (χ2v) is 6.03. The zero-order valence-electron chi connectivity index (χ0n) is 13.3. The number of hydrogen-bond acceptors (Lipinski definition) is 3. The van der Waals surface area contributed by atoms with Crippen molar-refractivity contribution in [2.75, 3.05) is 11.5 Å². The molecule has 0 aliphatic rings. The van der Waals surface area contributed by atoms with Crippen LogP contribution in [0.1, 0.15) is 16.8 Å². The van der Waals surface area contributed by atoms with Crippen LogP contribution in [0.25, 0.3) is 22.3 Å². The van der Waals surface area contributed by atoms with E-state index in [1.165, 1.54) is 0 Å². The number of carbonyl (C=O) groups is 1. The molecule has 0 heterocycles. The Morgan fingerprint density at radius 1 is 0.833 bits per heavy atom. The Morgan fingerprint density at radius 3 is 2.00 bits per heavy atom. The smallest absolute Gasteiger partial charge is 0.165 e. The zero-order valence-corrected chi connectivity index (χ0v) is 14.2. The summed E-state index contributed by atoms with van der Waals surface area (Å²) in [6.45, 7) is 0. The Labute approximate surface area is 147 Å². The Morgan fingerprint density at radius 2 is 1.42 bits per heavy atom. The molecule has 0 amide bonds. The first-order chi connectivity index (χ1) is 11.7. The summed E-state index contributed by atoms with van der Waals surface area (Å²) in [5.74, 6) is 0.540. The standard InChI is InChI=1S/C21H19NOS/c22-21-18(19(23)13-14-24)12-11-17(15-7-3-1-4-8-15)20(21)16-9-5-2-6-10-16/h1-12,24H,13-14,22H2. The predicted octanol–water partition coefficient (Wildman–Crippen LogP) is 5.11. The molecular weight excluding hydrogens is 314 g/mol. The summed E-state index contributed by atoms with van der Waals surface area (Å²) in [5.41, 5.74) is 11.6. The van der Waals surface area contributed by atoms with E-state index < -0.39 is 0 Å². The van der Waals surface area contributed by atoms with Crippen molar-refractivity contribution in [2.24, 2.45) is 0 Å². The largest absolute Gasteiger partial charge is 0.398 e. The number of anilines is 1. The summed E-state index contributed by atoms with van der Waals surface area (Å²) in [6, 6.07) is 23.9. The highest BCUT2D eigenvalue weighted by molar-refractivity contribution is 7.80. The van der Waals surface area contributed by atoms with E-state index in [1.54, 1.807) is 0 Å². The van der Waals surface area contributed by atoms with E-state index in [9.17, 15) is 4.79 Å². The number of ketones is 1. The first kappa shape index (κ1) is 16.3. The summed E-state index contributed by atoms with van der Waals surface area (Å²) in [6.07, 6.45) is 0.381. The fourth-order valence-corrected chi connectivity index (χ4v) is 3.08. The highest BCUT2D eigenvalue weighted by atomic mass is 32.1. The van der Waals surface area contributed by atoms with E-state index in [1.807, 2.05) is 60.7 Å². The minimum atomic E-state index is 0.0271. The molecule has 24 heavy (non-hydrogen) atoms. The lowest BCUT2D eigenvalue weighted by Crippen LogP contribution is -2.06. The molecule has 0 fully saturated rings. The molecule has 3 aromatic carbocycles. The van der Waals surface area contributed by atoms with E-state index in [0.717, 1.165) is 22.3 Å². The van der Waals surface area contributed by atoms with Crippen molar-refractivity contribution in [2.45, 2.75) is 6.42 Å². The van der Waals surface area contributed by atoms with Crippen molar-refractivity contribution in [3.63, 3.8) is 0 Å². The van der Waals surface area contributed by atoms with Crippen LogP contribution in [0.15, 0.2) is 72.8 Å². The first-order valence-corrected chi connectivity index (χ1v) is 8.53. The van der Waals surface area contributed by atoms with Gasteiger partial charge in [-0.05, 0) is 28.5 Å². The molecule has 3 aromatic rings. The molecule has 0 saturated heterocycles. The third kappa shape index (κ3) is 3.22. The van der Waals surface area contributed by atoms with Gasteiger partial charge in [0, 0.05) is 17.5 Å². The van der Waals surface area contributed by atoms with Crippen LogP contribution in [-0.2, 0) is 0 Å². The number of thiol groups is 1. The van der Waals surface area contributed by atoms with Crippen LogP contribution in [0.4, 0.5) is 5.69 Å². The third-order valence-electron chi connectivity index (χ3n) is 4.03. The molecule has 0 radical (unpaired) electrons. The normalized spacial score (nSPS) is 10.5. The minimum absolute atomic E-state index is 0.0271. The summed E-state index contributed by atoms with van der Waals surface area (Å²) in [5, 5.41) is 0. The number of nitrogen functional groups attached to an aromatic ring is 1. The van der Waals surface area contributed by atoms with Crippen LogP contribution >= 0.6 is 12.6 Å². The maximum Gasteiger partial charge on any atom is 0.165 e. The van der Waals surface area contributed by atoms with Crippen LogP contribution < -0.4 is 5.73 Å². The van der Waals surface area contributed by atoms with Crippen molar-refractivity contribution in [3.8, 4) is 22.3 Å². The van der Waals surface area contributed by atoms with Crippen molar-refractivity contribution >= 4 is 24.1 Å². The van der Waals surface area contributed by atoms with Gasteiger partial charge >= 0.3 is 0 Å². The molecular formula is C21H19NOS. The van der Waals surface area contributed by atoms with Gasteiger partial charge in [-0.25, -0.2) is 0 Å². The molecule has 0 bridgehead atoms. The van der Waals surface area contributed by atoms with Crippen LogP contribution in [0, 0.1) is 0 Å². The molecule has 0 spiro atoms. The number of rotatable bonds is 5. The van der Waals surface area contributed by atoms with E-state index in [-0.39, 0.29) is 5.78 Å². The second kappa shape index (κ2) is 7.37. The maximum absolute atomic E-state index is 12.4. The number of nitrogens with two attached hydrogens (primary N) is 1. The van der Waals surface area contributed by atoms with Gasteiger partial charge in [0.1, 0.15) is 0 Å². The molecule has 2 N–H and O–H groups in total. The van der Waals surface area contributed by atoms with Gasteiger partial charge in [-0.2, -0.15) is 12.6 Å². The van der Waals surface area contributed by atoms with Gasteiger partial charge in [0.05, 0.1) is 5.69 Å². The van der Waals surface area contributed by atoms with E-state index in [4.69, 9.17) is 5.73 Å². The average Bonchev–Trinajstić information content (AvgIpc) is 2.63. The molecule has 0 unspecified atom stereocenters. The summed E-state index contributed by atoms with van der Waals surface area (Å²) < 4.78 is 0. The predicted molar refractivity (Wildman–Crippen MR) is 105 cm³/mol. The van der Waals surface area contributed by atoms with Crippen molar-refractivity contribution in [1.29, 1.82) is 0 Å². The summed E-state index contributed by atoms with van der Waals surface area (Å²) >= 11 is 4.16. The fourth-order valence-electron chi connectivity index (χ4n) is 2.87. The minimum Gasteiger partial charge on any atom is -0.398 e. The van der Waals surface area contributed by atoms with Gasteiger partial charge in [0.25, 0.3) is 0 Å². The van der Waals surface area contributed by atoms with Crippen molar-refractivity contribution in [3.05, 3.63) is 78.4 Å². The van der Waals surface area contributed by atoms with Crippen molar-refractivity contribution < 1.29 is 4.79 Å². The molecule has 0 atom stereocenters. The average molecular weight is 333 g/mol. The number of carbonyl (C=O) groups excluding carboxylic acids is 1. The monoisotopic (exact) mass is 333 g/mol. The fraction of sp³-hybridized carbons (Fsp3) is 0.0952. The maximum atomic E-state index is 12.4. The molecule has 0 aliphatic heterocycles. The highest BCUT2D eigenvalue weighted by Gasteiger charge is 2.17. The molecule has 0 aliphatic carbocycles. The Kier molecular flexibility index (Phi) is 5.02. The van der Waals surface area contributed by atoms with Gasteiger partial charge in [0.2, 0.25) is 0 Å². The third-order valence-corrected chi connectivity index (χ3v) is 4.26. The quantitative estimate of drug-likeness (QED) is 0.387. The lowest BCUT2D eigenvalue weighted by Gasteiger charge is -2.16.